The van der Waals surface area contributed by atoms with Crippen molar-refractivity contribution in [3.63, 3.8) is 0 Å². The van der Waals surface area contributed by atoms with E-state index in [2.05, 4.69) is 34.5 Å². The van der Waals surface area contributed by atoms with Crippen molar-refractivity contribution >= 4 is 45.3 Å². The smallest absolute Gasteiger partial charge is 0.303 e. The zero-order valence-electron chi connectivity index (χ0n) is 37.7. The fourth-order valence-corrected chi connectivity index (χ4v) is 16.6. The van der Waals surface area contributed by atoms with Gasteiger partial charge in [-0.3, -0.25) is 19.2 Å². The van der Waals surface area contributed by atoms with Gasteiger partial charge in [0.25, 0.3) is 0 Å². The van der Waals surface area contributed by atoms with Crippen LogP contribution in [0.5, 0.6) is 17.2 Å². The van der Waals surface area contributed by atoms with Crippen LogP contribution in [0.3, 0.4) is 0 Å². The van der Waals surface area contributed by atoms with E-state index in [1.165, 1.54) is 30.5 Å². The van der Waals surface area contributed by atoms with E-state index in [4.69, 9.17) is 14.2 Å². The molecule has 4 N–H and O–H groups in total. The molecule has 2 saturated carbocycles. The van der Waals surface area contributed by atoms with Crippen molar-refractivity contribution in [2.75, 3.05) is 51.8 Å². The number of phenols is 2. The van der Waals surface area contributed by atoms with E-state index < -0.39 is 0 Å². The highest BCUT2D eigenvalue weighted by molar-refractivity contribution is 8.76. The van der Waals surface area contributed by atoms with Crippen LogP contribution in [0.2, 0.25) is 0 Å². The topological polar surface area (TPSA) is 167 Å². The molecule has 0 radical (unpaired) electrons. The molecule has 8 aliphatic rings. The summed E-state index contributed by atoms with van der Waals surface area (Å²) in [5.74, 6) is 2.90. The number of likely N-dealkylation sites (N-methyl/N-ethyl adjacent to an activating group) is 2. The Balaban J connectivity index is 0.679. The number of aryl methyl sites for hydroxylation is 2. The van der Waals surface area contributed by atoms with Crippen LogP contribution < -0.4 is 15.4 Å². The summed E-state index contributed by atoms with van der Waals surface area (Å²) in [6, 6.07) is 4.43. The van der Waals surface area contributed by atoms with Crippen LogP contribution >= 0.6 is 21.6 Å². The average Bonchev–Trinajstić information content (AvgIpc) is 3.80. The number of amides is 2. The van der Waals surface area contributed by atoms with E-state index >= 15 is 0 Å². The Labute approximate surface area is 384 Å². The lowest BCUT2D eigenvalue weighted by molar-refractivity contribution is -0.163. The first-order valence-electron chi connectivity index (χ1n) is 23.8. The molecular formula is C49H64N4O9S2. The highest BCUT2D eigenvalue weighted by Gasteiger charge is 2.67. The van der Waals surface area contributed by atoms with Crippen molar-refractivity contribution in [3.05, 3.63) is 51.1 Å². The molecule has 10 rings (SSSR count). The summed E-state index contributed by atoms with van der Waals surface area (Å²) in [5, 5.41) is 28.9. The lowest BCUT2D eigenvalue weighted by atomic mass is 9.50. The molecule has 3 heterocycles. The van der Waals surface area contributed by atoms with Gasteiger partial charge in [0.1, 0.15) is 24.1 Å². The number of aromatic hydroxyl groups is 2. The highest BCUT2D eigenvalue weighted by atomic mass is 33.1. The number of hydrogen-bond acceptors (Lipinski definition) is 13. The van der Waals surface area contributed by atoms with Gasteiger partial charge in [0.15, 0.2) is 11.5 Å². The summed E-state index contributed by atoms with van der Waals surface area (Å²) < 4.78 is 18.3. The molecule has 346 valence electrons. The zero-order chi connectivity index (χ0) is 44.7. The summed E-state index contributed by atoms with van der Waals surface area (Å²) in [6.07, 6.45) is 8.94. The maximum Gasteiger partial charge on any atom is 0.303 e. The number of rotatable bonds is 15. The lowest BCUT2D eigenvalue weighted by Crippen LogP contribution is -2.66. The molecule has 10 atom stereocenters. The van der Waals surface area contributed by atoms with Gasteiger partial charge >= 0.3 is 11.9 Å². The summed E-state index contributed by atoms with van der Waals surface area (Å²) in [6.45, 7) is 5.94. The largest absolute Gasteiger partial charge is 0.508 e. The Morgan fingerprint density at radius 2 is 1.23 bits per heavy atom. The SMILES string of the molecule is CC(=O)O[C@H]1CCC2[C@H]3Cc4c(CCC(=O)NCCSSCCNC(=O)CCc5cc(O)c6c7c5C[C@H]5C8CC[C@@H](OC(C)=O)[C@@H](C6)[C@@]78CCN5C)cc(O)c5c4[C@@]2(CCN3C)[C@H]1O5. The molecule has 5 aliphatic carbocycles. The predicted octanol–water partition coefficient (Wildman–Crippen LogP) is 4.89. The Kier molecular flexibility index (Phi) is 11.9. The van der Waals surface area contributed by atoms with E-state index in [9.17, 15) is 29.4 Å². The van der Waals surface area contributed by atoms with Gasteiger partial charge in [-0.05, 0) is 155 Å². The molecular weight excluding hydrogens is 853 g/mol. The summed E-state index contributed by atoms with van der Waals surface area (Å²) in [7, 11) is 7.77. The average molecular weight is 917 g/mol. The minimum atomic E-state index is -0.349. The van der Waals surface area contributed by atoms with E-state index in [1.54, 1.807) is 27.7 Å². The third-order valence-electron chi connectivity index (χ3n) is 17.1. The van der Waals surface area contributed by atoms with Crippen LogP contribution in [0.1, 0.15) is 104 Å². The number of phenolic OH excluding ortho intramolecular Hbond substituents is 2. The van der Waals surface area contributed by atoms with Crippen LogP contribution in [0.15, 0.2) is 12.1 Å². The Morgan fingerprint density at radius 1 is 0.703 bits per heavy atom. The molecule has 4 bridgehead atoms. The molecule has 15 heteroatoms. The summed E-state index contributed by atoms with van der Waals surface area (Å²) in [5.41, 5.74) is 7.63. The summed E-state index contributed by atoms with van der Waals surface area (Å²) in [4.78, 5) is 55.4. The molecule has 2 spiro atoms. The van der Waals surface area contributed by atoms with Crippen LogP contribution in [-0.4, -0.2) is 126 Å². The lowest BCUT2D eigenvalue weighted by Gasteiger charge is -2.60. The standard InChI is InChI=1S/C49H64N4O9S2/c1-26(54)60-40-9-7-33-36-24-30-28(21-38(56)32-23-35(40)48(33,44(30)32)13-17-52(36)3)5-11-42(58)50-15-19-63-64-20-16-51-43(59)12-6-29-22-39(57)46-45-31(29)25-37-34-8-10-41(61-27(2)55)47(62-46)49(34,45)14-18-53(37)4/h21-22,33-37,40-41,47,56-57H,5-20,23-25H2,1-4H3,(H,50,58)(H,51,59)/t33?,34?,35-,36+,37-,40-,41+,47+,48+,49+/m1/s1. The van der Waals surface area contributed by atoms with Gasteiger partial charge in [-0.15, -0.1) is 0 Å². The van der Waals surface area contributed by atoms with Gasteiger partial charge in [0.2, 0.25) is 11.8 Å². The van der Waals surface area contributed by atoms with Crippen molar-refractivity contribution in [2.45, 2.75) is 139 Å². The van der Waals surface area contributed by atoms with Crippen molar-refractivity contribution in [3.8, 4) is 17.2 Å². The second-order valence-corrected chi connectivity index (χ2v) is 22.8. The van der Waals surface area contributed by atoms with E-state index in [0.717, 1.165) is 105 Å². The fourth-order valence-electron chi connectivity index (χ4n) is 14.7. The molecule has 4 fully saturated rings. The molecule has 2 aromatic carbocycles. The highest BCUT2D eigenvalue weighted by Crippen LogP contribution is 2.66. The first-order chi connectivity index (χ1) is 30.8. The second-order valence-electron chi connectivity index (χ2n) is 20.1. The molecule has 2 saturated heterocycles. The molecule has 64 heavy (non-hydrogen) atoms. The van der Waals surface area contributed by atoms with Gasteiger partial charge in [0.05, 0.1) is 0 Å². The number of esters is 2. The van der Waals surface area contributed by atoms with Crippen LogP contribution in [0.4, 0.5) is 0 Å². The zero-order valence-corrected chi connectivity index (χ0v) is 39.3. The summed E-state index contributed by atoms with van der Waals surface area (Å²) >= 11 is 0. The Bertz CT molecular complexity index is 2090. The normalized spacial score (nSPS) is 32.5. The van der Waals surface area contributed by atoms with Gasteiger partial charge in [-0.2, -0.15) is 0 Å². The number of benzene rings is 2. The van der Waals surface area contributed by atoms with Gasteiger partial charge in [-0.1, -0.05) is 21.6 Å². The van der Waals surface area contributed by atoms with Gasteiger partial charge in [-0.25, -0.2) is 0 Å². The second kappa shape index (κ2) is 17.2. The quantitative estimate of drug-likeness (QED) is 0.109. The van der Waals surface area contributed by atoms with E-state index in [1.807, 2.05) is 6.07 Å². The molecule has 2 amide bonds. The number of likely N-dealkylation sites (tertiary alicyclic amines) is 2. The number of nitrogens with zero attached hydrogens (tertiary/aromatic N) is 2. The Morgan fingerprint density at radius 3 is 1.84 bits per heavy atom. The van der Waals surface area contributed by atoms with Gasteiger partial charge in [0, 0.05) is 85.7 Å². The number of nitrogens with one attached hydrogen (secondary N) is 2. The molecule has 13 nitrogen and oxygen atoms in total. The maximum absolute atomic E-state index is 13.1. The number of hydrogen-bond donors (Lipinski definition) is 4. The van der Waals surface area contributed by atoms with Gasteiger partial charge < -0.3 is 44.9 Å². The van der Waals surface area contributed by atoms with Crippen LogP contribution in [0, 0.1) is 17.8 Å². The molecule has 0 aromatic heterocycles. The molecule has 3 aliphatic heterocycles. The number of ether oxygens (including phenoxy) is 3. The minimum Gasteiger partial charge on any atom is -0.508 e. The number of piperidine rings is 2. The van der Waals surface area contributed by atoms with Crippen LogP contribution in [0.25, 0.3) is 0 Å². The first kappa shape index (κ1) is 44.2. The fraction of sp³-hybridized carbons (Fsp3) is 0.673. The number of carbonyl (C=O) groups is 4. The third-order valence-corrected chi connectivity index (χ3v) is 19.5. The minimum absolute atomic E-state index is 0.00233. The number of carbonyl (C=O) groups excluding carboxylic acids is 4. The van der Waals surface area contributed by atoms with Crippen molar-refractivity contribution in [1.82, 2.24) is 20.4 Å². The van der Waals surface area contributed by atoms with E-state index in [0.29, 0.717) is 74.2 Å². The third kappa shape index (κ3) is 7.19. The predicted molar refractivity (Wildman–Crippen MR) is 245 cm³/mol. The first-order valence-corrected chi connectivity index (χ1v) is 26.2. The van der Waals surface area contributed by atoms with Crippen LogP contribution in [-0.2, 0) is 71.6 Å². The molecule has 2 unspecified atom stereocenters. The molecule has 2 aromatic rings. The van der Waals surface area contributed by atoms with Crippen molar-refractivity contribution < 1.29 is 43.6 Å². The van der Waals surface area contributed by atoms with E-state index in [-0.39, 0.29) is 64.6 Å². The van der Waals surface area contributed by atoms with Crippen molar-refractivity contribution in [1.29, 1.82) is 0 Å². The monoisotopic (exact) mass is 916 g/mol. The maximum atomic E-state index is 13.1. The Hall–Kier alpha value is -3.66. The van der Waals surface area contributed by atoms with Crippen molar-refractivity contribution in [2.24, 2.45) is 17.8 Å².